The molecule has 1 aromatic rings. The van der Waals surface area contributed by atoms with Gasteiger partial charge in [-0.1, -0.05) is 0 Å². The van der Waals surface area contributed by atoms with Gasteiger partial charge >= 0.3 is 5.97 Å². The smallest absolute Gasteiger partial charge is 0.305 e. The Morgan fingerprint density at radius 1 is 1.36 bits per heavy atom. The second kappa shape index (κ2) is 7.06. The molecular weight excluding hydrogens is 286 g/mol. The van der Waals surface area contributed by atoms with Gasteiger partial charge in [0.1, 0.15) is 5.75 Å². The molecule has 0 radical (unpaired) electrons. The second-order valence-electron chi connectivity index (χ2n) is 4.98. The molecule has 0 saturated carbocycles. The van der Waals surface area contributed by atoms with E-state index in [9.17, 15) is 14.4 Å². The van der Waals surface area contributed by atoms with E-state index in [4.69, 9.17) is 9.47 Å². The molecule has 1 amide bonds. The van der Waals surface area contributed by atoms with Gasteiger partial charge in [-0.05, 0) is 38.5 Å². The monoisotopic (exact) mass is 305 g/mol. The lowest BCUT2D eigenvalue weighted by Gasteiger charge is -2.29. The van der Waals surface area contributed by atoms with Gasteiger partial charge in [-0.2, -0.15) is 0 Å². The first kappa shape index (κ1) is 16.0. The van der Waals surface area contributed by atoms with Gasteiger partial charge in [0, 0.05) is 18.5 Å². The first-order valence-electron chi connectivity index (χ1n) is 7.26. The van der Waals surface area contributed by atoms with Crippen LogP contribution in [0.1, 0.15) is 37.0 Å². The maximum atomic E-state index is 12.0. The summed E-state index contributed by atoms with van der Waals surface area (Å²) in [6.45, 7) is 3.92. The molecule has 0 atom stereocenters. The lowest BCUT2D eigenvalue weighted by atomic mass is 10.1. The van der Waals surface area contributed by atoms with Crippen molar-refractivity contribution in [2.24, 2.45) is 0 Å². The van der Waals surface area contributed by atoms with Gasteiger partial charge in [-0.25, -0.2) is 0 Å². The average Bonchev–Trinajstić information content (AvgIpc) is 2.49. The molecule has 0 aliphatic carbocycles. The number of carbonyl (C=O) groups excluding carboxylic acids is 3. The van der Waals surface area contributed by atoms with E-state index in [0.717, 1.165) is 0 Å². The number of Topliss-reactive ketones (excluding diaryl/α,β-unsaturated/α-hetero) is 1. The fourth-order valence-electron chi connectivity index (χ4n) is 2.28. The molecule has 22 heavy (non-hydrogen) atoms. The van der Waals surface area contributed by atoms with Crippen molar-refractivity contribution in [3.63, 3.8) is 0 Å². The number of carbonyl (C=O) groups is 3. The summed E-state index contributed by atoms with van der Waals surface area (Å²) >= 11 is 0. The Kier molecular flexibility index (Phi) is 5.14. The minimum absolute atomic E-state index is 0.0359. The number of amides is 1. The van der Waals surface area contributed by atoms with E-state index < -0.39 is 0 Å². The van der Waals surface area contributed by atoms with E-state index in [1.807, 2.05) is 0 Å². The molecule has 118 valence electrons. The highest BCUT2D eigenvalue weighted by Gasteiger charge is 2.26. The van der Waals surface area contributed by atoms with E-state index in [0.29, 0.717) is 36.6 Å². The molecule has 0 spiro atoms. The summed E-state index contributed by atoms with van der Waals surface area (Å²) in [5, 5.41) is 0. The van der Waals surface area contributed by atoms with Crippen LogP contribution in [-0.2, 0) is 14.3 Å². The van der Waals surface area contributed by atoms with E-state index in [-0.39, 0.29) is 30.7 Å². The predicted octanol–water partition coefficient (Wildman–Crippen LogP) is 1.96. The third-order valence-electron chi connectivity index (χ3n) is 3.38. The van der Waals surface area contributed by atoms with Crippen LogP contribution in [0, 0.1) is 0 Å². The molecule has 0 unspecified atom stereocenters. The molecule has 1 aliphatic rings. The van der Waals surface area contributed by atoms with Crippen LogP contribution < -0.4 is 9.64 Å². The van der Waals surface area contributed by atoms with Crippen molar-refractivity contribution in [3.8, 4) is 5.75 Å². The Morgan fingerprint density at radius 2 is 2.14 bits per heavy atom. The zero-order valence-electron chi connectivity index (χ0n) is 12.8. The fraction of sp³-hybridized carbons (Fsp3) is 0.438. The lowest BCUT2D eigenvalue weighted by Crippen LogP contribution is -2.39. The molecule has 1 heterocycles. The molecule has 0 N–H and O–H groups in total. The number of nitrogens with zero attached hydrogens (tertiary/aromatic N) is 1. The zero-order valence-corrected chi connectivity index (χ0v) is 12.8. The van der Waals surface area contributed by atoms with Crippen molar-refractivity contribution < 1.29 is 23.9 Å². The van der Waals surface area contributed by atoms with Crippen molar-refractivity contribution in [1.29, 1.82) is 0 Å². The number of rotatable bonds is 6. The largest absolute Gasteiger partial charge is 0.482 e. The number of ether oxygens (including phenoxy) is 2. The summed E-state index contributed by atoms with van der Waals surface area (Å²) in [5.41, 5.74) is 1.10. The van der Waals surface area contributed by atoms with Gasteiger partial charge in [0.05, 0.1) is 12.3 Å². The first-order chi connectivity index (χ1) is 10.5. The van der Waals surface area contributed by atoms with Gasteiger partial charge in [-0.3, -0.25) is 14.4 Å². The van der Waals surface area contributed by atoms with Gasteiger partial charge in [0.25, 0.3) is 5.91 Å². The molecular formula is C16H19NO5. The van der Waals surface area contributed by atoms with Crippen LogP contribution in [0.2, 0.25) is 0 Å². The summed E-state index contributed by atoms with van der Waals surface area (Å²) in [7, 11) is 0. The van der Waals surface area contributed by atoms with Crippen molar-refractivity contribution >= 4 is 23.3 Å². The Morgan fingerprint density at radius 3 is 2.82 bits per heavy atom. The van der Waals surface area contributed by atoms with E-state index in [1.165, 1.54) is 6.92 Å². The Hall–Kier alpha value is -2.37. The van der Waals surface area contributed by atoms with Crippen molar-refractivity contribution in [1.82, 2.24) is 0 Å². The van der Waals surface area contributed by atoms with Crippen molar-refractivity contribution in [3.05, 3.63) is 23.8 Å². The van der Waals surface area contributed by atoms with Gasteiger partial charge < -0.3 is 14.4 Å². The predicted molar refractivity (Wildman–Crippen MR) is 80.2 cm³/mol. The molecule has 0 saturated heterocycles. The van der Waals surface area contributed by atoms with Gasteiger partial charge in [-0.15, -0.1) is 0 Å². The van der Waals surface area contributed by atoms with Crippen LogP contribution in [0.3, 0.4) is 0 Å². The lowest BCUT2D eigenvalue weighted by molar-refractivity contribution is -0.143. The molecule has 0 aromatic heterocycles. The van der Waals surface area contributed by atoms with Crippen LogP contribution >= 0.6 is 0 Å². The van der Waals surface area contributed by atoms with Crippen LogP contribution in [-0.4, -0.2) is 37.4 Å². The van der Waals surface area contributed by atoms with E-state index in [2.05, 4.69) is 0 Å². The third kappa shape index (κ3) is 3.63. The molecule has 2 rings (SSSR count). The summed E-state index contributed by atoms with van der Waals surface area (Å²) in [6, 6.07) is 5.02. The summed E-state index contributed by atoms with van der Waals surface area (Å²) in [5.74, 6) is 0.0333. The van der Waals surface area contributed by atoms with Crippen LogP contribution in [0.15, 0.2) is 18.2 Å². The fourth-order valence-corrected chi connectivity index (χ4v) is 2.28. The highest BCUT2D eigenvalue weighted by Crippen LogP contribution is 2.33. The molecule has 1 aliphatic heterocycles. The number of fused-ring (bicyclic) bond motifs is 1. The minimum atomic E-state index is -0.277. The third-order valence-corrected chi connectivity index (χ3v) is 3.38. The van der Waals surface area contributed by atoms with Crippen molar-refractivity contribution in [2.45, 2.75) is 26.7 Å². The topological polar surface area (TPSA) is 72.9 Å². The molecule has 0 fully saturated rings. The number of ketones is 1. The Bertz CT molecular complexity index is 596. The molecule has 0 bridgehead atoms. The van der Waals surface area contributed by atoms with Crippen LogP contribution in [0.5, 0.6) is 5.75 Å². The Labute approximate surface area is 129 Å². The number of hydrogen-bond acceptors (Lipinski definition) is 5. The second-order valence-corrected chi connectivity index (χ2v) is 4.98. The molecule has 1 aromatic carbocycles. The summed E-state index contributed by atoms with van der Waals surface area (Å²) in [6.07, 6.45) is 0.745. The molecule has 6 nitrogen and oxygen atoms in total. The van der Waals surface area contributed by atoms with Crippen LogP contribution in [0.4, 0.5) is 5.69 Å². The highest BCUT2D eigenvalue weighted by molar-refractivity contribution is 6.01. The van der Waals surface area contributed by atoms with E-state index in [1.54, 1.807) is 30.0 Å². The van der Waals surface area contributed by atoms with Gasteiger partial charge in [0.15, 0.2) is 12.4 Å². The zero-order chi connectivity index (χ0) is 16.1. The average molecular weight is 305 g/mol. The summed E-state index contributed by atoms with van der Waals surface area (Å²) in [4.78, 5) is 36.4. The Balaban J connectivity index is 2.11. The highest BCUT2D eigenvalue weighted by atomic mass is 16.5. The number of benzene rings is 1. The van der Waals surface area contributed by atoms with E-state index >= 15 is 0 Å². The summed E-state index contributed by atoms with van der Waals surface area (Å²) < 4.78 is 10.2. The van der Waals surface area contributed by atoms with Crippen LogP contribution in [0.25, 0.3) is 0 Å². The normalized spacial score (nSPS) is 13.4. The minimum Gasteiger partial charge on any atom is -0.482 e. The van der Waals surface area contributed by atoms with Gasteiger partial charge in [0.2, 0.25) is 0 Å². The SMILES string of the molecule is CCOC(=O)CCCN1C(=O)COc2ccc(C(C)=O)cc21. The van der Waals surface area contributed by atoms with Crippen molar-refractivity contribution in [2.75, 3.05) is 24.7 Å². The maximum absolute atomic E-state index is 12.0. The standard InChI is InChI=1S/C16H19NO5/c1-3-21-16(20)5-4-8-17-13-9-12(11(2)18)6-7-14(13)22-10-15(17)19/h6-7,9H,3-5,8,10H2,1-2H3. The maximum Gasteiger partial charge on any atom is 0.305 e. The molecule has 6 heteroatoms. The number of esters is 1. The number of hydrogen-bond donors (Lipinski definition) is 0. The quantitative estimate of drug-likeness (QED) is 0.593. The number of anilines is 1. The first-order valence-corrected chi connectivity index (χ1v) is 7.26.